The Labute approximate surface area is 225 Å². The number of anilines is 1. The second-order valence-corrected chi connectivity index (χ2v) is 10.1. The maximum Gasteiger partial charge on any atom is 0.352 e. The summed E-state index contributed by atoms with van der Waals surface area (Å²) in [7, 11) is 0. The second-order valence-electron chi connectivity index (χ2n) is 8.21. The molecule has 0 radical (unpaired) electrons. The van der Waals surface area contributed by atoms with E-state index >= 15 is 0 Å². The number of nitrogens with one attached hydrogen (secondary N) is 1. The molecule has 1 fully saturated rings. The van der Waals surface area contributed by atoms with Crippen molar-refractivity contribution in [3.8, 4) is 0 Å². The molecule has 2 amide bonds. The number of nitrogens with two attached hydrogens (primary N) is 1. The summed E-state index contributed by atoms with van der Waals surface area (Å²) in [6.07, 6.45) is 8.76. The fraction of sp³-hybridized carbons (Fsp3) is 0.318. The first-order chi connectivity index (χ1) is 17.4. The van der Waals surface area contributed by atoms with Gasteiger partial charge in [-0.25, -0.2) is 9.36 Å². The fourth-order valence-corrected chi connectivity index (χ4v) is 5.87. The average Bonchev–Trinajstić information content (AvgIpc) is 3.55. The van der Waals surface area contributed by atoms with Crippen LogP contribution in [0, 0.1) is 0 Å². The lowest BCUT2D eigenvalue weighted by Crippen LogP contribution is -3.00. The normalized spacial score (nSPS) is 22.7. The van der Waals surface area contributed by atoms with E-state index in [1.54, 1.807) is 0 Å². The smallest absolute Gasteiger partial charge is 0.352 e. The zero-order valence-electron chi connectivity index (χ0n) is 19.2. The van der Waals surface area contributed by atoms with Crippen molar-refractivity contribution >= 4 is 51.9 Å². The number of aliphatic carboxylic acids is 1. The summed E-state index contributed by atoms with van der Waals surface area (Å²) in [4.78, 5) is 49.0. The summed E-state index contributed by atoms with van der Waals surface area (Å²) in [5.74, 6) is -2.03. The molecule has 2 aromatic heterocycles. The number of aromatic nitrogens is 3. The van der Waals surface area contributed by atoms with Crippen molar-refractivity contribution in [3.05, 3.63) is 59.8 Å². The van der Waals surface area contributed by atoms with Gasteiger partial charge in [-0.15, -0.1) is 11.8 Å². The number of carbonyl (C=O) groups excluding carboxylic acids is 2. The van der Waals surface area contributed by atoms with Crippen LogP contribution in [0.3, 0.4) is 0 Å². The number of thioether (sulfide) groups is 1. The summed E-state index contributed by atoms with van der Waals surface area (Å²) in [5.41, 5.74) is 6.03. The van der Waals surface area contributed by atoms with Crippen LogP contribution in [0.5, 0.6) is 0 Å². The van der Waals surface area contributed by atoms with Crippen LogP contribution < -0.4 is 28.0 Å². The van der Waals surface area contributed by atoms with Gasteiger partial charge in [0.25, 0.3) is 11.8 Å². The number of fused-ring (bicyclic) bond motifs is 1. The third-order valence-electron chi connectivity index (χ3n) is 5.80. The van der Waals surface area contributed by atoms with Gasteiger partial charge in [0.05, 0.1) is 0 Å². The Kier molecular flexibility index (Phi) is 8.10. The predicted molar refractivity (Wildman–Crippen MR) is 130 cm³/mol. The minimum Gasteiger partial charge on any atom is -1.00 e. The van der Waals surface area contributed by atoms with Crippen LogP contribution in [-0.2, 0) is 25.8 Å². The number of nitrogens with zero attached hydrogens (tertiary/aromatic N) is 5. The molecule has 3 aliphatic rings. The number of hydrogen-bond acceptors (Lipinski definition) is 10. The van der Waals surface area contributed by atoms with E-state index in [0.717, 1.165) is 24.4 Å². The number of carboxylic acid groups (broad SMARTS) is 1. The Balaban J connectivity index is 0.00000320. The van der Waals surface area contributed by atoms with E-state index < -0.39 is 29.2 Å². The van der Waals surface area contributed by atoms with Crippen molar-refractivity contribution in [2.24, 2.45) is 5.16 Å². The molecule has 2 aromatic rings. The maximum atomic E-state index is 13.1. The van der Waals surface area contributed by atoms with Crippen molar-refractivity contribution in [3.63, 3.8) is 0 Å². The number of amides is 2. The van der Waals surface area contributed by atoms with Crippen molar-refractivity contribution < 1.29 is 41.3 Å². The molecule has 37 heavy (non-hydrogen) atoms. The van der Waals surface area contributed by atoms with Crippen LogP contribution in [0.2, 0.25) is 0 Å². The van der Waals surface area contributed by atoms with Crippen molar-refractivity contribution in [1.29, 1.82) is 0 Å². The summed E-state index contributed by atoms with van der Waals surface area (Å²) >= 11 is 2.29. The van der Waals surface area contributed by atoms with Gasteiger partial charge in [0.15, 0.2) is 24.1 Å². The SMILES string of the molecule is Nc1nc(C(=NOC2C=CCC2)C(=O)NC2C(=O)N3C(C(=O)O)=C(C[n+]4ccccc4)CS[C@H]23)ns1.[Cl-]. The van der Waals surface area contributed by atoms with Gasteiger partial charge in [0.2, 0.25) is 11.5 Å². The quantitative estimate of drug-likeness (QED) is 0.102. The summed E-state index contributed by atoms with van der Waals surface area (Å²) < 4.78 is 5.89. The molecule has 5 rings (SSSR count). The Morgan fingerprint density at radius 3 is 2.76 bits per heavy atom. The molecule has 0 spiro atoms. The van der Waals surface area contributed by atoms with Crippen LogP contribution in [-0.4, -0.2) is 66.1 Å². The van der Waals surface area contributed by atoms with Gasteiger partial charge >= 0.3 is 5.97 Å². The predicted octanol–water partition coefficient (Wildman–Crippen LogP) is -2.71. The maximum absolute atomic E-state index is 13.1. The number of carbonyl (C=O) groups is 3. The number of β-lactam (4-membered cyclic amide) rings is 1. The highest BCUT2D eigenvalue weighted by molar-refractivity contribution is 8.00. The molecule has 1 aliphatic carbocycles. The first kappa shape index (κ1) is 26.6. The first-order valence-corrected chi connectivity index (χ1v) is 12.9. The topological polar surface area (TPSA) is 164 Å². The van der Waals surface area contributed by atoms with Crippen molar-refractivity contribution in [2.75, 3.05) is 11.5 Å². The number of carboxylic acids is 1. The molecule has 4 heterocycles. The van der Waals surface area contributed by atoms with Crippen molar-refractivity contribution in [1.82, 2.24) is 19.6 Å². The third kappa shape index (κ3) is 5.45. The van der Waals surface area contributed by atoms with Crippen LogP contribution in [0.1, 0.15) is 18.7 Å². The summed E-state index contributed by atoms with van der Waals surface area (Å²) in [6, 6.07) is 4.62. The lowest BCUT2D eigenvalue weighted by atomic mass is 10.0. The third-order valence-corrected chi connectivity index (χ3v) is 7.69. The lowest BCUT2D eigenvalue weighted by Gasteiger charge is -2.49. The first-order valence-electron chi connectivity index (χ1n) is 11.1. The summed E-state index contributed by atoms with van der Waals surface area (Å²) in [6.45, 7) is 0.337. The van der Waals surface area contributed by atoms with Gasteiger partial charge in [-0.2, -0.15) is 9.36 Å². The van der Waals surface area contributed by atoms with E-state index in [1.807, 2.05) is 47.3 Å². The van der Waals surface area contributed by atoms with E-state index in [9.17, 15) is 19.5 Å². The fourth-order valence-electron chi connectivity index (χ4n) is 4.10. The number of rotatable bonds is 8. The summed E-state index contributed by atoms with van der Waals surface area (Å²) in [5, 5.41) is 16.1. The molecule has 194 valence electrons. The van der Waals surface area contributed by atoms with Gasteiger partial charge in [-0.3, -0.25) is 14.5 Å². The highest BCUT2D eigenvalue weighted by atomic mass is 35.5. The molecule has 1 saturated heterocycles. The van der Waals surface area contributed by atoms with Crippen LogP contribution in [0.25, 0.3) is 0 Å². The van der Waals surface area contributed by atoms with Crippen LogP contribution >= 0.6 is 23.3 Å². The Bertz CT molecular complexity index is 1300. The molecule has 0 bridgehead atoms. The molecular formula is C22H22ClN7O5S2. The number of oxime groups is 1. The van der Waals surface area contributed by atoms with Crippen LogP contribution in [0.15, 0.2) is 59.2 Å². The molecule has 12 nitrogen and oxygen atoms in total. The van der Waals surface area contributed by atoms with E-state index in [1.165, 1.54) is 16.7 Å². The number of nitrogen functional groups attached to an aromatic ring is 1. The molecule has 0 saturated carbocycles. The Hall–Kier alpha value is -3.49. The Morgan fingerprint density at radius 2 is 2.11 bits per heavy atom. The number of hydrogen-bond donors (Lipinski definition) is 3. The van der Waals surface area contributed by atoms with Gasteiger partial charge in [0, 0.05) is 35.0 Å². The van der Waals surface area contributed by atoms with Crippen molar-refractivity contribution in [2.45, 2.75) is 36.9 Å². The van der Waals surface area contributed by atoms with E-state index in [2.05, 4.69) is 19.8 Å². The largest absolute Gasteiger partial charge is 1.00 e. The van der Waals surface area contributed by atoms with Gasteiger partial charge in [0.1, 0.15) is 23.2 Å². The molecule has 4 N–H and O–H groups in total. The standard InChI is InChI=1S/C22H21N7O5S2.ClH/c23-22-25-17(27-36-22)14(26-34-13-6-2-3-7-13)18(30)24-15-19(31)29-16(21(32)33)12(11-35-20(15)29)10-28-8-4-1-5-9-28;/h1-2,4-6,8-9,13,15,20H,3,7,10-11H2,(H3-,23,24,25,27,30,32,33);1H/t13?,15?,20-;/m1./s1. The minimum atomic E-state index is -1.19. The molecule has 2 aliphatic heterocycles. The number of halogens is 1. The highest BCUT2D eigenvalue weighted by Crippen LogP contribution is 2.40. The lowest BCUT2D eigenvalue weighted by molar-refractivity contribution is -0.689. The number of pyridine rings is 1. The molecule has 0 aromatic carbocycles. The molecule has 2 unspecified atom stereocenters. The van der Waals surface area contributed by atoms with Crippen LogP contribution in [0.4, 0.5) is 5.13 Å². The van der Waals surface area contributed by atoms with E-state index in [0.29, 0.717) is 17.9 Å². The second kappa shape index (κ2) is 11.3. The van der Waals surface area contributed by atoms with E-state index in [-0.39, 0.29) is 40.9 Å². The Morgan fingerprint density at radius 1 is 1.32 bits per heavy atom. The highest BCUT2D eigenvalue weighted by Gasteiger charge is 2.54. The average molecular weight is 564 g/mol. The zero-order chi connectivity index (χ0) is 25.2. The number of allylic oxidation sites excluding steroid dienone is 1. The van der Waals surface area contributed by atoms with Gasteiger partial charge < -0.3 is 33.4 Å². The zero-order valence-corrected chi connectivity index (χ0v) is 21.6. The molecule has 3 atom stereocenters. The molecule has 15 heteroatoms. The van der Waals surface area contributed by atoms with Gasteiger partial charge in [-0.05, 0) is 18.9 Å². The molecular weight excluding hydrogens is 542 g/mol. The van der Waals surface area contributed by atoms with Gasteiger partial charge in [-0.1, -0.05) is 17.3 Å². The minimum absolute atomic E-state index is 0. The monoisotopic (exact) mass is 563 g/mol. The van der Waals surface area contributed by atoms with E-state index in [4.69, 9.17) is 10.6 Å².